The Kier molecular flexibility index (Phi) is 2.46. The van der Waals surface area contributed by atoms with Crippen molar-refractivity contribution < 1.29 is 4.42 Å². The van der Waals surface area contributed by atoms with E-state index in [1.165, 1.54) is 6.42 Å². The molecule has 2 rings (SSSR count). The minimum Gasteiger partial charge on any atom is -0.432 e. The molecular formula is C10H17N3O. The maximum atomic E-state index is 5.48. The Hall–Kier alpha value is -1.03. The highest BCUT2D eigenvalue weighted by Gasteiger charge is 2.29. The zero-order valence-electron chi connectivity index (χ0n) is 8.73. The molecule has 1 aromatic heterocycles. The Morgan fingerprint density at radius 1 is 1.64 bits per heavy atom. The summed E-state index contributed by atoms with van der Waals surface area (Å²) in [5.41, 5.74) is 6.31. The molecule has 1 aliphatic rings. The predicted molar refractivity (Wildman–Crippen MR) is 55.0 cm³/mol. The van der Waals surface area contributed by atoms with Crippen LogP contribution in [0.25, 0.3) is 0 Å². The first-order chi connectivity index (χ1) is 6.70. The van der Waals surface area contributed by atoms with Gasteiger partial charge in [-0.15, -0.1) is 0 Å². The lowest BCUT2D eigenvalue weighted by Gasteiger charge is -2.18. The van der Waals surface area contributed by atoms with Crippen LogP contribution in [0.1, 0.15) is 26.0 Å². The molecule has 0 spiro atoms. The van der Waals surface area contributed by atoms with Crippen molar-refractivity contribution in [1.82, 2.24) is 4.98 Å². The molecule has 0 saturated carbocycles. The highest BCUT2D eigenvalue weighted by atomic mass is 16.4. The number of aromatic nitrogens is 1. The van der Waals surface area contributed by atoms with Crippen molar-refractivity contribution in [2.75, 3.05) is 11.4 Å². The molecule has 1 aromatic rings. The van der Waals surface area contributed by atoms with Crippen LogP contribution in [0.15, 0.2) is 10.7 Å². The second-order valence-corrected chi connectivity index (χ2v) is 4.17. The van der Waals surface area contributed by atoms with E-state index in [-0.39, 0.29) is 0 Å². The minimum atomic E-state index is 0.446. The molecule has 0 aliphatic carbocycles. The Bertz CT molecular complexity index is 310. The smallest absolute Gasteiger partial charge is 0.297 e. The average molecular weight is 195 g/mol. The van der Waals surface area contributed by atoms with Crippen LogP contribution in [-0.2, 0) is 6.54 Å². The molecule has 0 amide bonds. The molecule has 1 fully saturated rings. The van der Waals surface area contributed by atoms with E-state index >= 15 is 0 Å². The summed E-state index contributed by atoms with van der Waals surface area (Å²) >= 11 is 0. The van der Waals surface area contributed by atoms with Gasteiger partial charge in [-0.3, -0.25) is 0 Å². The van der Waals surface area contributed by atoms with Gasteiger partial charge in [0.25, 0.3) is 6.01 Å². The van der Waals surface area contributed by atoms with Crippen LogP contribution in [-0.4, -0.2) is 17.6 Å². The molecule has 78 valence electrons. The largest absolute Gasteiger partial charge is 0.432 e. The van der Waals surface area contributed by atoms with Crippen molar-refractivity contribution >= 4 is 6.01 Å². The van der Waals surface area contributed by atoms with E-state index in [1.807, 2.05) is 0 Å². The summed E-state index contributed by atoms with van der Waals surface area (Å²) in [7, 11) is 0. The van der Waals surface area contributed by atoms with Gasteiger partial charge < -0.3 is 15.1 Å². The van der Waals surface area contributed by atoms with Crippen molar-refractivity contribution in [3.05, 3.63) is 12.0 Å². The second kappa shape index (κ2) is 3.61. The number of oxazole rings is 1. The molecule has 1 saturated heterocycles. The normalized spacial score (nSPS) is 27.2. The first-order valence-corrected chi connectivity index (χ1v) is 5.11. The molecule has 4 nitrogen and oxygen atoms in total. The number of rotatable bonds is 2. The number of nitrogens with two attached hydrogens (primary N) is 1. The van der Waals surface area contributed by atoms with Gasteiger partial charge in [0.15, 0.2) is 0 Å². The van der Waals surface area contributed by atoms with Gasteiger partial charge in [0, 0.05) is 19.1 Å². The van der Waals surface area contributed by atoms with Crippen molar-refractivity contribution in [3.8, 4) is 0 Å². The molecule has 2 unspecified atom stereocenters. The predicted octanol–water partition coefficient (Wildman–Crippen LogP) is 1.37. The molecule has 2 N–H and O–H groups in total. The minimum absolute atomic E-state index is 0.446. The van der Waals surface area contributed by atoms with Crippen LogP contribution in [0.4, 0.5) is 6.01 Å². The molecule has 2 atom stereocenters. The van der Waals surface area contributed by atoms with E-state index in [2.05, 4.69) is 23.7 Å². The van der Waals surface area contributed by atoms with E-state index in [1.54, 1.807) is 6.26 Å². The van der Waals surface area contributed by atoms with Crippen LogP contribution < -0.4 is 10.6 Å². The summed E-state index contributed by atoms with van der Waals surface area (Å²) < 4.78 is 5.39. The summed E-state index contributed by atoms with van der Waals surface area (Å²) in [4.78, 5) is 6.54. The average Bonchev–Trinajstić information content (AvgIpc) is 2.71. The summed E-state index contributed by atoms with van der Waals surface area (Å²) in [5.74, 6) is 0.721. The lowest BCUT2D eigenvalue weighted by molar-refractivity contribution is 0.529. The summed E-state index contributed by atoms with van der Waals surface area (Å²) in [5, 5.41) is 0. The van der Waals surface area contributed by atoms with E-state index in [9.17, 15) is 0 Å². The lowest BCUT2D eigenvalue weighted by atomic mass is 10.1. The van der Waals surface area contributed by atoms with Gasteiger partial charge in [-0.2, -0.15) is 4.98 Å². The highest BCUT2D eigenvalue weighted by Crippen LogP contribution is 2.27. The Balaban J connectivity index is 2.14. The molecule has 1 aliphatic heterocycles. The third kappa shape index (κ3) is 1.62. The molecule has 0 bridgehead atoms. The van der Waals surface area contributed by atoms with Crippen LogP contribution in [0.3, 0.4) is 0 Å². The molecule has 2 heterocycles. The van der Waals surface area contributed by atoms with E-state index in [4.69, 9.17) is 10.2 Å². The summed E-state index contributed by atoms with van der Waals surface area (Å²) in [6, 6.07) is 1.25. The Morgan fingerprint density at radius 2 is 2.43 bits per heavy atom. The van der Waals surface area contributed by atoms with Crippen molar-refractivity contribution in [1.29, 1.82) is 0 Å². The van der Waals surface area contributed by atoms with Gasteiger partial charge in [-0.25, -0.2) is 0 Å². The molecule has 0 radical (unpaired) electrons. The van der Waals surface area contributed by atoms with Crippen molar-refractivity contribution in [2.24, 2.45) is 11.7 Å². The number of hydrogen-bond donors (Lipinski definition) is 1. The first-order valence-electron chi connectivity index (χ1n) is 5.11. The standard InChI is InChI=1S/C10H17N3O/c1-7-3-8(2)13(5-7)10-12-9(4-11)6-14-10/h6-8H,3-5,11H2,1-2H3. The van der Waals surface area contributed by atoms with Crippen LogP contribution in [0.2, 0.25) is 0 Å². The Labute approximate surface area is 84.1 Å². The Morgan fingerprint density at radius 3 is 2.93 bits per heavy atom. The van der Waals surface area contributed by atoms with Gasteiger partial charge in [0.2, 0.25) is 0 Å². The fraction of sp³-hybridized carbons (Fsp3) is 0.700. The van der Waals surface area contributed by atoms with Crippen LogP contribution in [0, 0.1) is 5.92 Å². The zero-order chi connectivity index (χ0) is 10.1. The molecule has 14 heavy (non-hydrogen) atoms. The summed E-state index contributed by atoms with van der Waals surface area (Å²) in [6.45, 7) is 5.94. The van der Waals surface area contributed by atoms with Crippen molar-refractivity contribution in [3.63, 3.8) is 0 Å². The van der Waals surface area contributed by atoms with Gasteiger partial charge >= 0.3 is 0 Å². The molecule has 0 aromatic carbocycles. The number of nitrogens with zero attached hydrogens (tertiary/aromatic N) is 2. The lowest BCUT2D eigenvalue weighted by Crippen LogP contribution is -2.26. The zero-order valence-corrected chi connectivity index (χ0v) is 8.73. The maximum Gasteiger partial charge on any atom is 0.297 e. The third-order valence-electron chi connectivity index (χ3n) is 2.78. The van der Waals surface area contributed by atoms with Gasteiger partial charge in [0.05, 0.1) is 5.69 Å². The monoisotopic (exact) mass is 195 g/mol. The van der Waals surface area contributed by atoms with Gasteiger partial charge in [0.1, 0.15) is 6.26 Å². The van der Waals surface area contributed by atoms with E-state index < -0.39 is 0 Å². The molecular weight excluding hydrogens is 178 g/mol. The number of anilines is 1. The first kappa shape index (κ1) is 9.52. The fourth-order valence-electron chi connectivity index (χ4n) is 2.09. The SMILES string of the molecule is CC1CC(C)N(c2nc(CN)co2)C1. The van der Waals surface area contributed by atoms with Gasteiger partial charge in [-0.1, -0.05) is 6.92 Å². The van der Waals surface area contributed by atoms with Crippen molar-refractivity contribution in [2.45, 2.75) is 32.9 Å². The molecule has 4 heteroatoms. The quantitative estimate of drug-likeness (QED) is 0.774. The third-order valence-corrected chi connectivity index (χ3v) is 2.78. The van der Waals surface area contributed by atoms with E-state index in [0.29, 0.717) is 12.6 Å². The van der Waals surface area contributed by atoms with Gasteiger partial charge in [-0.05, 0) is 19.3 Å². The van der Waals surface area contributed by atoms with E-state index in [0.717, 1.165) is 24.2 Å². The number of hydrogen-bond acceptors (Lipinski definition) is 4. The highest BCUT2D eigenvalue weighted by molar-refractivity contribution is 5.31. The fourth-order valence-corrected chi connectivity index (χ4v) is 2.09. The maximum absolute atomic E-state index is 5.48. The summed E-state index contributed by atoms with van der Waals surface area (Å²) in [6.07, 6.45) is 2.85. The van der Waals surface area contributed by atoms with Crippen LogP contribution in [0.5, 0.6) is 0 Å². The second-order valence-electron chi connectivity index (χ2n) is 4.17. The van der Waals surface area contributed by atoms with Crippen LogP contribution >= 0.6 is 0 Å². The topological polar surface area (TPSA) is 55.3 Å².